The summed E-state index contributed by atoms with van der Waals surface area (Å²) in [5.41, 5.74) is 3.51. The summed E-state index contributed by atoms with van der Waals surface area (Å²) in [5, 5.41) is 2.55. The number of carbonyl (C=O) groups excluding carboxylic acids is 1. The second-order valence-corrected chi connectivity index (χ2v) is 7.94. The molecule has 0 saturated carbocycles. The van der Waals surface area contributed by atoms with Gasteiger partial charge in [-0.1, -0.05) is 67.1 Å². The lowest BCUT2D eigenvalue weighted by molar-refractivity contribution is -0.134. The molecule has 1 atom stereocenters. The Bertz CT molecular complexity index is 1120. The quantitative estimate of drug-likeness (QED) is 0.489. The number of nitrogens with zero attached hydrogens (tertiary/aromatic N) is 2. The van der Waals surface area contributed by atoms with Crippen LogP contribution in [0.15, 0.2) is 54.6 Å². The fraction of sp³-hybridized carbons (Fsp3) is 0.346. The van der Waals surface area contributed by atoms with Crippen LogP contribution in [0.1, 0.15) is 49.4 Å². The van der Waals surface area contributed by atoms with E-state index in [2.05, 4.69) is 50.0 Å². The number of carbonyl (C=O) groups is 1. The fourth-order valence-corrected chi connectivity index (χ4v) is 4.34. The van der Waals surface area contributed by atoms with E-state index < -0.39 is 5.54 Å². The summed E-state index contributed by atoms with van der Waals surface area (Å²) in [6.07, 6.45) is 4.36. The highest BCUT2D eigenvalue weighted by molar-refractivity contribution is 5.96. The van der Waals surface area contributed by atoms with Crippen LogP contribution in [0.5, 0.6) is 0 Å². The van der Waals surface area contributed by atoms with Gasteiger partial charge in [0.1, 0.15) is 0 Å². The van der Waals surface area contributed by atoms with Crippen molar-refractivity contribution in [1.82, 2.24) is 9.63 Å². The summed E-state index contributed by atoms with van der Waals surface area (Å²) in [5.74, 6) is 6.84. The third kappa shape index (κ3) is 3.40. The normalized spacial score (nSPS) is 17.8. The Morgan fingerprint density at radius 3 is 2.63 bits per heavy atom. The van der Waals surface area contributed by atoms with Gasteiger partial charge in [0.15, 0.2) is 5.54 Å². The highest BCUT2D eigenvalue weighted by atomic mass is 16.7. The molecule has 4 heteroatoms. The van der Waals surface area contributed by atoms with Crippen LogP contribution in [0.3, 0.4) is 0 Å². The van der Waals surface area contributed by atoms with Crippen molar-refractivity contribution in [2.45, 2.75) is 51.5 Å². The highest BCUT2D eigenvalue weighted by Crippen LogP contribution is 2.43. The molecule has 154 valence electrons. The fourth-order valence-electron chi connectivity index (χ4n) is 4.34. The number of hydrogen-bond donors (Lipinski definition) is 0. The van der Waals surface area contributed by atoms with Gasteiger partial charge in [-0.3, -0.25) is 9.40 Å². The van der Waals surface area contributed by atoms with Crippen LogP contribution in [-0.2, 0) is 16.8 Å². The van der Waals surface area contributed by atoms with Crippen LogP contribution >= 0.6 is 0 Å². The van der Waals surface area contributed by atoms with Crippen LogP contribution in [0, 0.1) is 18.8 Å². The molecule has 2 aromatic carbocycles. The zero-order valence-corrected chi connectivity index (χ0v) is 17.9. The Morgan fingerprint density at radius 1 is 1.10 bits per heavy atom. The van der Waals surface area contributed by atoms with Crippen molar-refractivity contribution in [3.05, 3.63) is 71.4 Å². The van der Waals surface area contributed by atoms with Gasteiger partial charge in [0.25, 0.3) is 0 Å². The molecule has 0 spiro atoms. The largest absolute Gasteiger partial charge is 0.354 e. The Kier molecular flexibility index (Phi) is 5.65. The second-order valence-electron chi connectivity index (χ2n) is 7.94. The van der Waals surface area contributed by atoms with Gasteiger partial charge in [-0.15, -0.1) is 0 Å². The average molecular weight is 401 g/mol. The molecule has 2 heterocycles. The van der Waals surface area contributed by atoms with Crippen molar-refractivity contribution in [2.75, 3.05) is 7.11 Å². The number of unbranched alkanes of at least 4 members (excludes halogenated alkanes) is 1. The minimum Gasteiger partial charge on any atom is -0.271 e. The molecule has 0 aliphatic carbocycles. The monoisotopic (exact) mass is 400 g/mol. The summed E-state index contributed by atoms with van der Waals surface area (Å²) >= 11 is 0. The molecule has 4 nitrogen and oxygen atoms in total. The van der Waals surface area contributed by atoms with E-state index in [4.69, 9.17) is 4.84 Å². The van der Waals surface area contributed by atoms with E-state index in [1.165, 1.54) is 16.2 Å². The zero-order chi connectivity index (χ0) is 21.1. The second kappa shape index (κ2) is 8.38. The van der Waals surface area contributed by atoms with Gasteiger partial charge in [0, 0.05) is 11.8 Å². The van der Waals surface area contributed by atoms with Crippen molar-refractivity contribution < 1.29 is 9.63 Å². The van der Waals surface area contributed by atoms with Crippen LogP contribution in [0.2, 0.25) is 0 Å². The molecule has 1 unspecified atom stereocenters. The van der Waals surface area contributed by atoms with Crippen LogP contribution < -0.4 is 0 Å². The molecule has 1 aromatic heterocycles. The van der Waals surface area contributed by atoms with E-state index in [1.807, 2.05) is 30.3 Å². The van der Waals surface area contributed by atoms with Gasteiger partial charge < -0.3 is 0 Å². The highest BCUT2D eigenvalue weighted by Gasteiger charge is 2.50. The Labute approximate surface area is 178 Å². The van der Waals surface area contributed by atoms with Crippen LogP contribution in [0.25, 0.3) is 10.9 Å². The van der Waals surface area contributed by atoms with Crippen LogP contribution in [-0.4, -0.2) is 22.8 Å². The Balaban J connectivity index is 1.76. The van der Waals surface area contributed by atoms with Gasteiger partial charge in [-0.25, -0.2) is 4.79 Å². The van der Waals surface area contributed by atoms with E-state index in [0.29, 0.717) is 0 Å². The van der Waals surface area contributed by atoms with Gasteiger partial charge in [-0.2, -0.15) is 5.06 Å². The van der Waals surface area contributed by atoms with Crippen molar-refractivity contribution in [3.63, 3.8) is 0 Å². The van der Waals surface area contributed by atoms with E-state index in [0.717, 1.165) is 48.7 Å². The van der Waals surface area contributed by atoms with Crippen molar-refractivity contribution in [3.8, 4) is 11.8 Å². The molecular formula is C26H28N2O2. The first-order chi connectivity index (χ1) is 14.6. The topological polar surface area (TPSA) is 34.5 Å². The molecule has 0 fully saturated rings. The van der Waals surface area contributed by atoms with Crippen molar-refractivity contribution in [1.29, 1.82) is 0 Å². The Hall–Kier alpha value is -3.03. The number of benzene rings is 2. The van der Waals surface area contributed by atoms with Gasteiger partial charge in [0.05, 0.1) is 18.3 Å². The molecule has 0 N–H and O–H groups in total. The maximum absolute atomic E-state index is 13.3. The summed E-state index contributed by atoms with van der Waals surface area (Å²) < 4.78 is 1.78. The number of rotatable bonds is 6. The maximum atomic E-state index is 13.3. The van der Waals surface area contributed by atoms with Gasteiger partial charge in [-0.05, 0) is 49.9 Å². The van der Waals surface area contributed by atoms with E-state index in [9.17, 15) is 4.79 Å². The number of amides is 1. The number of aryl methyl sites for hydroxylation is 2. The predicted molar refractivity (Wildman–Crippen MR) is 120 cm³/mol. The third-order valence-electron chi connectivity index (χ3n) is 5.84. The first-order valence-corrected chi connectivity index (χ1v) is 10.7. The van der Waals surface area contributed by atoms with Crippen LogP contribution in [0.4, 0.5) is 4.79 Å². The number of hydroxylamine groups is 2. The molecule has 1 amide bonds. The molecule has 4 rings (SSSR count). The molecule has 0 bridgehead atoms. The third-order valence-corrected chi connectivity index (χ3v) is 5.84. The molecule has 3 aromatic rings. The first kappa shape index (κ1) is 20.3. The standard InChI is InChI=1S/C26H28N2O2/c1-4-5-16-26(17-10-9-13-21-11-7-6-8-12-21)24-19-22-18-20(2)14-15-23(22)27(24)25(29)28(26)30-3/h6-8,11-12,14-15,18-19H,4-5,9,13,16H2,1-3H3. The molecule has 1 aliphatic heterocycles. The van der Waals surface area contributed by atoms with Gasteiger partial charge >= 0.3 is 6.03 Å². The lowest BCUT2D eigenvalue weighted by atomic mass is 9.89. The van der Waals surface area contributed by atoms with E-state index >= 15 is 0 Å². The van der Waals surface area contributed by atoms with E-state index in [1.54, 1.807) is 11.7 Å². The summed E-state index contributed by atoms with van der Waals surface area (Å²) in [4.78, 5) is 18.9. The lowest BCUT2D eigenvalue weighted by Gasteiger charge is -2.31. The van der Waals surface area contributed by atoms with Crippen molar-refractivity contribution >= 4 is 16.9 Å². The summed E-state index contributed by atoms with van der Waals surface area (Å²) in [6.45, 7) is 4.22. The summed E-state index contributed by atoms with van der Waals surface area (Å²) in [6, 6.07) is 18.5. The smallest absolute Gasteiger partial charge is 0.271 e. The minimum absolute atomic E-state index is 0.167. The molecule has 1 aliphatic rings. The SMILES string of the molecule is CCCCC1(C#CCCc2ccccc2)c2cc3cc(C)ccc3n2C(=O)N1OC. The van der Waals surface area contributed by atoms with Crippen molar-refractivity contribution in [2.24, 2.45) is 0 Å². The zero-order valence-electron chi connectivity index (χ0n) is 17.9. The average Bonchev–Trinajstić information content (AvgIpc) is 3.23. The molecule has 0 radical (unpaired) electrons. The molecule has 0 saturated heterocycles. The first-order valence-electron chi connectivity index (χ1n) is 10.7. The molecule has 30 heavy (non-hydrogen) atoms. The number of fused-ring (bicyclic) bond motifs is 3. The van der Waals surface area contributed by atoms with E-state index in [-0.39, 0.29) is 6.03 Å². The molecular weight excluding hydrogens is 372 g/mol. The number of hydrogen-bond acceptors (Lipinski definition) is 2. The number of aromatic nitrogens is 1. The maximum Gasteiger partial charge on any atom is 0.354 e. The minimum atomic E-state index is -0.758. The van der Waals surface area contributed by atoms with Gasteiger partial charge in [0.2, 0.25) is 0 Å². The summed E-state index contributed by atoms with van der Waals surface area (Å²) in [7, 11) is 1.56. The Morgan fingerprint density at radius 2 is 1.90 bits per heavy atom. The lowest BCUT2D eigenvalue weighted by Crippen LogP contribution is -2.42. The predicted octanol–water partition coefficient (Wildman–Crippen LogP) is 5.82.